The van der Waals surface area contributed by atoms with Crippen molar-refractivity contribution in [3.05, 3.63) is 0 Å². The number of hydrogen-bond acceptors (Lipinski definition) is 26. The van der Waals surface area contributed by atoms with Crippen LogP contribution in [0.25, 0.3) is 0 Å². The van der Waals surface area contributed by atoms with Gasteiger partial charge in [-0.25, -0.2) is 19.2 Å². The van der Waals surface area contributed by atoms with Gasteiger partial charge in [-0.05, 0) is 6.42 Å². The Morgan fingerprint density at radius 2 is 1.00 bits per heavy atom. The van der Waals surface area contributed by atoms with Crippen LogP contribution in [0.2, 0.25) is 0 Å². The number of rotatable bonds is 24. The molecule has 0 aliphatic rings. The van der Waals surface area contributed by atoms with Crippen LogP contribution in [0.4, 0.5) is 0 Å². The Morgan fingerprint density at radius 3 is 1.42 bits per heavy atom. The van der Waals surface area contributed by atoms with Crippen LogP contribution in [-0.2, 0) is 38.2 Å². The maximum Gasteiger partial charge on any atom is 0.378 e. The predicted octanol–water partition coefficient (Wildman–Crippen LogP) is -12.9. The molecule has 1 unspecified atom stereocenters. The van der Waals surface area contributed by atoms with E-state index in [0.29, 0.717) is 0 Å². The Bertz CT molecular complexity index is 1210. The molecule has 27 heteroatoms. The summed E-state index contributed by atoms with van der Waals surface area (Å²) in [5.41, 5.74) is 0. The van der Waals surface area contributed by atoms with Crippen LogP contribution in [0.5, 0.6) is 0 Å². The third kappa shape index (κ3) is 12.2. The molecule has 0 saturated heterocycles. The first kappa shape index (κ1) is 49.8. The van der Waals surface area contributed by atoms with Crippen molar-refractivity contribution in [2.75, 3.05) is 19.8 Å². The number of carbonyl (C=O) groups excluding carboxylic acids is 4. The lowest BCUT2D eigenvalue weighted by molar-refractivity contribution is -0.373. The number of carbonyl (C=O) groups is 5. The third-order valence-electron chi connectivity index (χ3n) is 7.38. The summed E-state index contributed by atoms with van der Waals surface area (Å²) in [6.45, 7) is -3.26. The number of aliphatic hydroxyl groups excluding tert-OH is 14. The Balaban J connectivity index is 7.17. The van der Waals surface area contributed by atoms with Gasteiger partial charge in [-0.2, -0.15) is 0 Å². The molecule has 53 heavy (non-hydrogen) atoms. The number of aliphatic hydroxyl groups is 18. The van der Waals surface area contributed by atoms with Crippen LogP contribution in [-0.4, -0.2) is 244 Å². The molecule has 0 saturated carbocycles. The minimum Gasteiger partial charge on any atom is -0.478 e. The highest BCUT2D eigenvalue weighted by Gasteiger charge is 2.60. The molecule has 19 N–H and O–H groups in total. The molecule has 0 amide bonds. The van der Waals surface area contributed by atoms with Crippen LogP contribution < -0.4 is 0 Å². The maximum absolute atomic E-state index is 12.9. The molecule has 14 atom stereocenters. The molecule has 0 aromatic carbocycles. The molecule has 0 radical (unpaired) electrons. The second-order valence-electron chi connectivity index (χ2n) is 11.2. The van der Waals surface area contributed by atoms with Crippen LogP contribution in [0.15, 0.2) is 0 Å². The summed E-state index contributed by atoms with van der Waals surface area (Å²) in [7, 11) is 0. The number of carboxylic acids is 1. The SMILES string of the molecule is CCC(O)C(O)(O)C(O)(O)C(=O)O[C@@H](C(=O)O)[C@@H](OC(=O)[C@H](O)[C@H](O)[C@H](O)[C@@H](O)[C@H](O)CO)[C@H](OC(=O)C(=O)[C@H](O)[C@@H](O)[C@H](O)[C@H](O)CO)[C@H](O)CO. The zero-order valence-electron chi connectivity index (χ0n) is 27.2. The van der Waals surface area contributed by atoms with Crippen molar-refractivity contribution in [3.8, 4) is 0 Å². The van der Waals surface area contributed by atoms with E-state index in [1.54, 1.807) is 0 Å². The smallest absolute Gasteiger partial charge is 0.378 e. The number of esters is 3. The zero-order chi connectivity index (χ0) is 41.9. The fraction of sp³-hybridized carbons (Fsp3) is 0.808. The van der Waals surface area contributed by atoms with Gasteiger partial charge in [0, 0.05) is 0 Å². The highest BCUT2D eigenvalue weighted by molar-refractivity contribution is 6.35. The van der Waals surface area contributed by atoms with Gasteiger partial charge in [0.05, 0.1) is 19.8 Å². The monoisotopic (exact) mass is 788 g/mol. The van der Waals surface area contributed by atoms with Crippen LogP contribution in [0.1, 0.15) is 13.3 Å². The second kappa shape index (κ2) is 21.1. The normalized spacial score (nSPS) is 20.4. The molecule has 0 fully saturated rings. The Kier molecular flexibility index (Phi) is 19.8. The molecule has 0 aliphatic heterocycles. The molecule has 0 aromatic heterocycles. The number of ether oxygens (including phenoxy) is 3. The van der Waals surface area contributed by atoms with Crippen LogP contribution >= 0.6 is 0 Å². The van der Waals surface area contributed by atoms with Gasteiger partial charge in [-0.15, -0.1) is 0 Å². The lowest BCUT2D eigenvalue weighted by Gasteiger charge is -2.38. The van der Waals surface area contributed by atoms with E-state index in [-0.39, 0.29) is 0 Å². The molecule has 0 spiro atoms. The van der Waals surface area contributed by atoms with E-state index < -0.39 is 153 Å². The molecular weight excluding hydrogens is 744 g/mol. The fourth-order valence-corrected chi connectivity index (χ4v) is 3.94. The molecule has 310 valence electrons. The molecule has 27 nitrogen and oxygen atoms in total. The summed E-state index contributed by atoms with van der Waals surface area (Å²) < 4.78 is 13.4. The van der Waals surface area contributed by atoms with Crippen molar-refractivity contribution < 1.29 is 135 Å². The van der Waals surface area contributed by atoms with Gasteiger partial charge in [-0.1, -0.05) is 6.92 Å². The summed E-state index contributed by atoms with van der Waals surface area (Å²) in [4.78, 5) is 63.1. The summed E-state index contributed by atoms with van der Waals surface area (Å²) in [6.07, 6.45) is -40.6. The largest absolute Gasteiger partial charge is 0.478 e. The highest BCUT2D eigenvalue weighted by atomic mass is 16.7. The van der Waals surface area contributed by atoms with Gasteiger partial charge in [0.1, 0.15) is 54.9 Å². The van der Waals surface area contributed by atoms with Gasteiger partial charge in [-0.3, -0.25) is 4.79 Å². The Morgan fingerprint density at radius 1 is 0.566 bits per heavy atom. The lowest BCUT2D eigenvalue weighted by atomic mass is 9.97. The third-order valence-corrected chi connectivity index (χ3v) is 7.38. The summed E-state index contributed by atoms with van der Waals surface area (Å²) in [6, 6.07) is 0. The zero-order valence-corrected chi connectivity index (χ0v) is 27.2. The Hall–Kier alpha value is -3.17. The number of Topliss-reactive ketones (excluding diaryl/α,β-unsaturated/α-hetero) is 1. The summed E-state index contributed by atoms with van der Waals surface area (Å²) >= 11 is 0. The van der Waals surface area contributed by atoms with Gasteiger partial charge < -0.3 is 111 Å². The van der Waals surface area contributed by atoms with Crippen LogP contribution in [0, 0.1) is 0 Å². The van der Waals surface area contributed by atoms with E-state index in [1.165, 1.54) is 0 Å². The topological polar surface area (TPSA) is 497 Å². The van der Waals surface area contributed by atoms with Crippen LogP contribution in [0.3, 0.4) is 0 Å². The summed E-state index contributed by atoms with van der Waals surface area (Å²) in [5.74, 6) is -21.8. The number of aliphatic carboxylic acids is 1. The molecular formula is C26H44O27. The van der Waals surface area contributed by atoms with Crippen molar-refractivity contribution in [3.63, 3.8) is 0 Å². The van der Waals surface area contributed by atoms with Crippen molar-refractivity contribution in [2.24, 2.45) is 0 Å². The quantitative estimate of drug-likeness (QED) is 0.0187. The van der Waals surface area contributed by atoms with E-state index in [9.17, 15) is 111 Å². The predicted molar refractivity (Wildman–Crippen MR) is 154 cm³/mol. The molecule has 0 aliphatic carbocycles. The van der Waals surface area contributed by atoms with E-state index in [2.05, 4.69) is 14.2 Å². The first-order chi connectivity index (χ1) is 24.2. The van der Waals surface area contributed by atoms with Crippen molar-refractivity contribution in [1.82, 2.24) is 0 Å². The molecule has 0 aromatic rings. The first-order valence-electron chi connectivity index (χ1n) is 14.8. The van der Waals surface area contributed by atoms with E-state index in [4.69, 9.17) is 10.2 Å². The van der Waals surface area contributed by atoms with E-state index in [1.807, 2.05) is 0 Å². The average molecular weight is 789 g/mol. The van der Waals surface area contributed by atoms with Gasteiger partial charge >= 0.3 is 29.7 Å². The van der Waals surface area contributed by atoms with E-state index in [0.717, 1.165) is 6.92 Å². The number of carboxylic acid groups (broad SMARTS) is 1. The minimum absolute atomic E-state index is 0.743. The molecule has 0 rings (SSSR count). The fourth-order valence-electron chi connectivity index (χ4n) is 3.94. The van der Waals surface area contributed by atoms with Gasteiger partial charge in [0.25, 0.3) is 11.6 Å². The van der Waals surface area contributed by atoms with Gasteiger partial charge in [0.15, 0.2) is 24.4 Å². The highest BCUT2D eigenvalue weighted by Crippen LogP contribution is 2.27. The Labute approximate surface area is 295 Å². The van der Waals surface area contributed by atoms with Crippen molar-refractivity contribution in [1.29, 1.82) is 0 Å². The molecule has 0 bridgehead atoms. The number of ketones is 1. The van der Waals surface area contributed by atoms with Crippen molar-refractivity contribution >= 4 is 29.7 Å². The van der Waals surface area contributed by atoms with Gasteiger partial charge in [0.2, 0.25) is 6.10 Å². The van der Waals surface area contributed by atoms with Crippen molar-refractivity contribution in [2.45, 2.75) is 110 Å². The number of hydrogen-bond donors (Lipinski definition) is 19. The molecule has 0 heterocycles. The standard InChI is InChI=1S/C26H44O27/c1-2-9(33)25(47,48)26(49,50)24(46)53-20(21(42)43)19(52-23(45)17(41)15(39)13(37)11(35)7(31)4-28)18(8(32)5-29)51-22(44)16(40)14(38)12(36)10(34)6(30)3-27/h6-15,17-20,27-39,41,47-50H,2-5H2,1H3,(H,42,43)/t6-,7-,8-,9?,10-,11+,12+,13-,14-,15-,17-,18-,19+,20-/m1/s1. The van der Waals surface area contributed by atoms with E-state index >= 15 is 0 Å². The maximum atomic E-state index is 12.9. The summed E-state index contributed by atoms with van der Waals surface area (Å²) in [5, 5.41) is 186. The average Bonchev–Trinajstić information content (AvgIpc) is 3.13. The minimum atomic E-state index is -4.72. The first-order valence-corrected chi connectivity index (χ1v) is 14.8. The second-order valence-corrected chi connectivity index (χ2v) is 11.2. The lowest BCUT2D eigenvalue weighted by Crippen LogP contribution is -2.67.